The molecule has 0 saturated heterocycles. The van der Waals surface area contributed by atoms with Crippen molar-refractivity contribution in [1.29, 1.82) is 0 Å². The van der Waals surface area contributed by atoms with Crippen molar-refractivity contribution in [3.05, 3.63) is 35.1 Å². The maximum absolute atomic E-state index is 13.6. The summed E-state index contributed by atoms with van der Waals surface area (Å²) in [5.41, 5.74) is 1.53. The predicted molar refractivity (Wildman–Crippen MR) is 67.5 cm³/mol. The van der Waals surface area contributed by atoms with E-state index in [9.17, 15) is 9.50 Å². The summed E-state index contributed by atoms with van der Waals surface area (Å²) in [7, 11) is 3.95. The number of likely N-dealkylation sites (N-methyl/N-ethyl adjacent to an activating group) is 1. The molecule has 0 fully saturated rings. The first-order valence-electron chi connectivity index (χ1n) is 5.79. The Hall–Kier alpha value is -0.970. The molecule has 4 heteroatoms. The lowest BCUT2D eigenvalue weighted by Crippen LogP contribution is -2.32. The van der Waals surface area contributed by atoms with E-state index in [-0.39, 0.29) is 18.5 Å². The van der Waals surface area contributed by atoms with Crippen molar-refractivity contribution in [1.82, 2.24) is 10.2 Å². The van der Waals surface area contributed by atoms with Crippen LogP contribution in [0.4, 0.5) is 4.39 Å². The monoisotopic (exact) mass is 240 g/mol. The van der Waals surface area contributed by atoms with Gasteiger partial charge in [-0.1, -0.05) is 17.7 Å². The second-order valence-corrected chi connectivity index (χ2v) is 4.52. The average Bonchev–Trinajstić information content (AvgIpc) is 2.28. The summed E-state index contributed by atoms with van der Waals surface area (Å²) in [6, 6.07) is 4.61. The van der Waals surface area contributed by atoms with Crippen molar-refractivity contribution in [2.75, 3.05) is 33.8 Å². The first kappa shape index (κ1) is 14.1. The van der Waals surface area contributed by atoms with Crippen molar-refractivity contribution in [3.8, 4) is 0 Å². The minimum absolute atomic E-state index is 0.103. The Morgan fingerprint density at radius 1 is 1.41 bits per heavy atom. The van der Waals surface area contributed by atoms with Gasteiger partial charge in [0.2, 0.25) is 0 Å². The number of hydrogen-bond acceptors (Lipinski definition) is 3. The number of aliphatic hydroxyl groups excluding tert-OH is 1. The molecule has 0 amide bonds. The van der Waals surface area contributed by atoms with Gasteiger partial charge in [0.05, 0.1) is 12.6 Å². The second kappa shape index (κ2) is 6.69. The summed E-state index contributed by atoms with van der Waals surface area (Å²) in [5.74, 6) is -0.271. The molecule has 17 heavy (non-hydrogen) atoms. The van der Waals surface area contributed by atoms with Gasteiger partial charge < -0.3 is 15.3 Å². The fourth-order valence-corrected chi connectivity index (χ4v) is 1.67. The highest BCUT2D eigenvalue weighted by Gasteiger charge is 2.14. The maximum atomic E-state index is 13.6. The van der Waals surface area contributed by atoms with E-state index in [1.165, 1.54) is 6.07 Å². The van der Waals surface area contributed by atoms with Gasteiger partial charge in [-0.3, -0.25) is 0 Å². The summed E-state index contributed by atoms with van der Waals surface area (Å²) in [6.45, 7) is 3.38. The lowest BCUT2D eigenvalue weighted by molar-refractivity contribution is 0.237. The molecule has 2 N–H and O–H groups in total. The normalized spacial score (nSPS) is 13.1. The summed E-state index contributed by atoms with van der Waals surface area (Å²) in [4.78, 5) is 2.04. The van der Waals surface area contributed by atoms with Crippen LogP contribution >= 0.6 is 0 Å². The first-order valence-corrected chi connectivity index (χ1v) is 5.79. The molecule has 1 aromatic rings. The van der Waals surface area contributed by atoms with Crippen LogP contribution in [-0.4, -0.2) is 43.8 Å². The van der Waals surface area contributed by atoms with Gasteiger partial charge in [-0.15, -0.1) is 0 Å². The van der Waals surface area contributed by atoms with E-state index < -0.39 is 0 Å². The number of nitrogens with zero attached hydrogens (tertiary/aromatic N) is 1. The molecule has 0 bridgehead atoms. The fourth-order valence-electron chi connectivity index (χ4n) is 1.67. The molecule has 1 atom stereocenters. The Bertz CT molecular complexity index is 355. The molecule has 0 aromatic heterocycles. The van der Waals surface area contributed by atoms with E-state index in [1.807, 2.05) is 25.9 Å². The van der Waals surface area contributed by atoms with E-state index in [1.54, 1.807) is 12.1 Å². The molecule has 0 saturated carbocycles. The van der Waals surface area contributed by atoms with Crippen LogP contribution in [0.5, 0.6) is 0 Å². The molecule has 3 nitrogen and oxygen atoms in total. The van der Waals surface area contributed by atoms with E-state index in [0.717, 1.165) is 12.1 Å². The Labute approximate surface area is 102 Å². The molecule has 96 valence electrons. The van der Waals surface area contributed by atoms with Crippen LogP contribution in [0.2, 0.25) is 0 Å². The van der Waals surface area contributed by atoms with Crippen molar-refractivity contribution in [2.45, 2.75) is 13.0 Å². The van der Waals surface area contributed by atoms with Gasteiger partial charge in [0.1, 0.15) is 5.82 Å². The topological polar surface area (TPSA) is 35.5 Å². The highest BCUT2D eigenvalue weighted by molar-refractivity contribution is 5.27. The molecule has 0 aliphatic heterocycles. The van der Waals surface area contributed by atoms with Gasteiger partial charge in [-0.25, -0.2) is 4.39 Å². The number of rotatable bonds is 6. The average molecular weight is 240 g/mol. The standard InChI is InChI=1S/C13H21FN2O/c1-10-4-5-12(14)11(8-10)13(9-17)15-6-7-16(2)3/h4-5,8,13,15,17H,6-7,9H2,1-3H3. The minimum atomic E-state index is -0.338. The molecular formula is C13H21FN2O. The summed E-state index contributed by atoms with van der Waals surface area (Å²) in [5, 5.41) is 12.5. The van der Waals surface area contributed by atoms with Crippen LogP contribution < -0.4 is 5.32 Å². The molecule has 1 unspecified atom stereocenters. The van der Waals surface area contributed by atoms with Gasteiger partial charge >= 0.3 is 0 Å². The Morgan fingerprint density at radius 3 is 2.71 bits per heavy atom. The summed E-state index contributed by atoms with van der Waals surface area (Å²) >= 11 is 0. The van der Waals surface area contributed by atoms with Crippen molar-refractivity contribution < 1.29 is 9.50 Å². The second-order valence-electron chi connectivity index (χ2n) is 4.52. The van der Waals surface area contributed by atoms with Gasteiger partial charge in [0.15, 0.2) is 0 Å². The van der Waals surface area contributed by atoms with E-state index in [4.69, 9.17) is 0 Å². The van der Waals surface area contributed by atoms with E-state index >= 15 is 0 Å². The Morgan fingerprint density at radius 2 is 2.12 bits per heavy atom. The largest absolute Gasteiger partial charge is 0.394 e. The zero-order valence-electron chi connectivity index (χ0n) is 10.7. The molecule has 0 radical (unpaired) electrons. The van der Waals surface area contributed by atoms with Crippen molar-refractivity contribution >= 4 is 0 Å². The molecule has 0 aliphatic rings. The van der Waals surface area contributed by atoms with Gasteiger partial charge in [-0.05, 0) is 27.1 Å². The van der Waals surface area contributed by atoms with Crippen LogP contribution in [0.1, 0.15) is 17.2 Å². The summed E-state index contributed by atoms with van der Waals surface area (Å²) < 4.78 is 13.6. The first-order chi connectivity index (χ1) is 8.04. The maximum Gasteiger partial charge on any atom is 0.128 e. The molecule has 1 aromatic carbocycles. The number of aryl methyl sites for hydroxylation is 1. The third kappa shape index (κ3) is 4.42. The number of hydrogen-bond donors (Lipinski definition) is 2. The third-order valence-electron chi connectivity index (χ3n) is 2.66. The van der Waals surface area contributed by atoms with Gasteiger partial charge in [0.25, 0.3) is 0 Å². The van der Waals surface area contributed by atoms with Crippen LogP contribution in [0, 0.1) is 12.7 Å². The number of nitrogens with one attached hydrogen (secondary N) is 1. The highest BCUT2D eigenvalue weighted by atomic mass is 19.1. The molecular weight excluding hydrogens is 219 g/mol. The van der Waals surface area contributed by atoms with Crippen molar-refractivity contribution in [2.24, 2.45) is 0 Å². The molecule has 0 spiro atoms. The summed E-state index contributed by atoms with van der Waals surface area (Å²) in [6.07, 6.45) is 0. The highest BCUT2D eigenvalue weighted by Crippen LogP contribution is 2.18. The van der Waals surface area contributed by atoms with E-state index in [2.05, 4.69) is 5.32 Å². The van der Waals surface area contributed by atoms with Gasteiger partial charge in [-0.2, -0.15) is 0 Å². The number of halogens is 1. The van der Waals surface area contributed by atoms with Crippen LogP contribution in [0.3, 0.4) is 0 Å². The Balaban J connectivity index is 2.68. The van der Waals surface area contributed by atoms with Crippen LogP contribution in [0.25, 0.3) is 0 Å². The predicted octanol–water partition coefficient (Wildman–Crippen LogP) is 1.32. The number of aliphatic hydroxyl groups is 1. The smallest absolute Gasteiger partial charge is 0.128 e. The lowest BCUT2D eigenvalue weighted by Gasteiger charge is -2.19. The van der Waals surface area contributed by atoms with Crippen LogP contribution in [-0.2, 0) is 0 Å². The lowest BCUT2D eigenvalue weighted by atomic mass is 10.0. The minimum Gasteiger partial charge on any atom is -0.394 e. The number of benzene rings is 1. The molecule has 0 heterocycles. The van der Waals surface area contributed by atoms with Crippen molar-refractivity contribution in [3.63, 3.8) is 0 Å². The SMILES string of the molecule is Cc1ccc(F)c(C(CO)NCCN(C)C)c1. The molecule has 1 rings (SSSR count). The quantitative estimate of drug-likeness (QED) is 0.787. The van der Waals surface area contributed by atoms with Gasteiger partial charge in [0, 0.05) is 18.7 Å². The zero-order valence-corrected chi connectivity index (χ0v) is 10.7. The van der Waals surface area contributed by atoms with Crippen LogP contribution in [0.15, 0.2) is 18.2 Å². The van der Waals surface area contributed by atoms with E-state index in [0.29, 0.717) is 12.1 Å². The third-order valence-corrected chi connectivity index (χ3v) is 2.66. The fraction of sp³-hybridized carbons (Fsp3) is 0.538. The molecule has 0 aliphatic carbocycles. The Kier molecular flexibility index (Phi) is 5.55. The zero-order chi connectivity index (χ0) is 12.8.